The molecule has 2 aliphatic heterocycles. The summed E-state index contributed by atoms with van der Waals surface area (Å²) in [6, 6.07) is 26.1. The number of aromatic nitrogens is 1. The number of para-hydroxylation sites is 1. The number of nitrogens with one attached hydrogen (secondary N) is 1. The standard InChI is InChI=1S/C31H31N3O2/c1-20(2)22-12-14-23(15-13-22)30-29-25(24-10-6-7-11-26(24)32-29)18-27-31(36)33(19-28(35)34(27)30)17-16-21-8-4-3-5-9-21/h3-15,20,27,30,32H,16-19H2,1-2H3. The van der Waals surface area contributed by atoms with Crippen LogP contribution in [-0.2, 0) is 22.4 Å². The third-order valence-corrected chi connectivity index (χ3v) is 7.77. The Labute approximate surface area is 211 Å². The maximum absolute atomic E-state index is 13.8. The van der Waals surface area contributed by atoms with E-state index in [1.165, 1.54) is 11.1 Å². The van der Waals surface area contributed by atoms with E-state index in [1.807, 2.05) is 35.2 Å². The number of piperazine rings is 1. The number of rotatable bonds is 5. The van der Waals surface area contributed by atoms with Gasteiger partial charge in [-0.05, 0) is 40.7 Å². The molecule has 0 spiro atoms. The summed E-state index contributed by atoms with van der Waals surface area (Å²) in [7, 11) is 0. The zero-order chi connectivity index (χ0) is 24.8. The normalized spacial score (nSPS) is 19.6. The maximum atomic E-state index is 13.8. The van der Waals surface area contributed by atoms with E-state index in [4.69, 9.17) is 0 Å². The molecule has 1 fully saturated rings. The Kier molecular flexibility index (Phi) is 5.63. The van der Waals surface area contributed by atoms with E-state index in [-0.39, 0.29) is 24.4 Å². The van der Waals surface area contributed by atoms with E-state index >= 15 is 0 Å². The van der Waals surface area contributed by atoms with Gasteiger partial charge in [-0.15, -0.1) is 0 Å². The zero-order valence-corrected chi connectivity index (χ0v) is 20.8. The second-order valence-electron chi connectivity index (χ2n) is 10.3. The van der Waals surface area contributed by atoms with Crippen molar-refractivity contribution < 1.29 is 9.59 Å². The molecule has 182 valence electrons. The van der Waals surface area contributed by atoms with Gasteiger partial charge in [-0.2, -0.15) is 0 Å². The molecule has 4 aromatic rings. The highest BCUT2D eigenvalue weighted by atomic mass is 16.2. The summed E-state index contributed by atoms with van der Waals surface area (Å²) in [6.07, 6.45) is 1.28. The summed E-state index contributed by atoms with van der Waals surface area (Å²) >= 11 is 0. The molecular weight excluding hydrogens is 446 g/mol. The van der Waals surface area contributed by atoms with E-state index < -0.39 is 6.04 Å². The number of carbonyl (C=O) groups excluding carboxylic acids is 2. The topological polar surface area (TPSA) is 56.4 Å². The molecule has 3 aromatic carbocycles. The molecule has 3 heterocycles. The number of hydrogen-bond acceptors (Lipinski definition) is 2. The van der Waals surface area contributed by atoms with Crippen LogP contribution in [0.4, 0.5) is 0 Å². The molecule has 2 amide bonds. The summed E-state index contributed by atoms with van der Waals surface area (Å²) in [5, 5.41) is 1.14. The van der Waals surface area contributed by atoms with E-state index in [0.29, 0.717) is 18.9 Å². The first-order valence-electron chi connectivity index (χ1n) is 12.8. The van der Waals surface area contributed by atoms with Crippen LogP contribution in [0.1, 0.15) is 53.8 Å². The van der Waals surface area contributed by atoms with Crippen molar-refractivity contribution in [3.05, 3.63) is 107 Å². The van der Waals surface area contributed by atoms with Gasteiger partial charge in [0.25, 0.3) is 0 Å². The minimum Gasteiger partial charge on any atom is -0.356 e. The number of amides is 2. The highest BCUT2D eigenvalue weighted by Crippen LogP contribution is 2.42. The quantitative estimate of drug-likeness (QED) is 0.429. The first-order valence-corrected chi connectivity index (χ1v) is 12.8. The lowest BCUT2D eigenvalue weighted by molar-refractivity contribution is -0.158. The smallest absolute Gasteiger partial charge is 0.246 e. The van der Waals surface area contributed by atoms with Crippen molar-refractivity contribution in [2.45, 2.75) is 44.7 Å². The number of aromatic amines is 1. The van der Waals surface area contributed by atoms with Crippen LogP contribution in [0.2, 0.25) is 0 Å². The highest BCUT2D eigenvalue weighted by molar-refractivity contribution is 5.97. The molecule has 1 saturated heterocycles. The highest BCUT2D eigenvalue weighted by Gasteiger charge is 2.48. The van der Waals surface area contributed by atoms with Crippen LogP contribution >= 0.6 is 0 Å². The van der Waals surface area contributed by atoms with Crippen molar-refractivity contribution in [3.8, 4) is 0 Å². The lowest BCUT2D eigenvalue weighted by Gasteiger charge is -2.47. The third kappa shape index (κ3) is 3.79. The molecule has 1 N–H and O–H groups in total. The Morgan fingerprint density at radius 3 is 2.39 bits per heavy atom. The second-order valence-corrected chi connectivity index (χ2v) is 10.3. The van der Waals surface area contributed by atoms with Gasteiger partial charge in [-0.25, -0.2) is 0 Å². The van der Waals surface area contributed by atoms with Crippen molar-refractivity contribution in [3.63, 3.8) is 0 Å². The molecule has 1 aromatic heterocycles. The molecule has 2 aliphatic rings. The van der Waals surface area contributed by atoms with Crippen LogP contribution in [0, 0.1) is 0 Å². The Hall–Kier alpha value is -3.86. The molecule has 2 unspecified atom stereocenters. The zero-order valence-electron chi connectivity index (χ0n) is 20.8. The predicted octanol–water partition coefficient (Wildman–Crippen LogP) is 5.22. The second kappa shape index (κ2) is 8.98. The molecule has 0 saturated carbocycles. The van der Waals surface area contributed by atoms with Gasteiger partial charge < -0.3 is 14.8 Å². The lowest BCUT2D eigenvalue weighted by atomic mass is 9.85. The number of H-pyrrole nitrogens is 1. The van der Waals surface area contributed by atoms with Crippen molar-refractivity contribution in [1.82, 2.24) is 14.8 Å². The van der Waals surface area contributed by atoms with Crippen LogP contribution in [0.5, 0.6) is 0 Å². The molecule has 0 aliphatic carbocycles. The molecule has 36 heavy (non-hydrogen) atoms. The number of carbonyl (C=O) groups is 2. The van der Waals surface area contributed by atoms with Gasteiger partial charge >= 0.3 is 0 Å². The van der Waals surface area contributed by atoms with Crippen LogP contribution in [0.3, 0.4) is 0 Å². The number of benzene rings is 3. The van der Waals surface area contributed by atoms with Gasteiger partial charge in [0.15, 0.2) is 0 Å². The van der Waals surface area contributed by atoms with Crippen LogP contribution in [0.25, 0.3) is 10.9 Å². The summed E-state index contributed by atoms with van der Waals surface area (Å²) in [6.45, 7) is 5.03. The first kappa shape index (κ1) is 22.6. The average molecular weight is 478 g/mol. The molecule has 5 heteroatoms. The van der Waals surface area contributed by atoms with Crippen LogP contribution in [-0.4, -0.2) is 45.7 Å². The molecule has 2 atom stereocenters. The van der Waals surface area contributed by atoms with Crippen LogP contribution in [0.15, 0.2) is 78.9 Å². The van der Waals surface area contributed by atoms with Crippen LogP contribution < -0.4 is 0 Å². The van der Waals surface area contributed by atoms with E-state index in [9.17, 15) is 9.59 Å². The van der Waals surface area contributed by atoms with Gasteiger partial charge in [0, 0.05) is 29.6 Å². The Balaban J connectivity index is 1.39. The monoisotopic (exact) mass is 477 g/mol. The summed E-state index contributed by atoms with van der Waals surface area (Å²) < 4.78 is 0. The fraction of sp³-hybridized carbons (Fsp3) is 0.290. The fourth-order valence-electron chi connectivity index (χ4n) is 5.83. The molecule has 5 nitrogen and oxygen atoms in total. The minimum atomic E-state index is -0.497. The summed E-state index contributed by atoms with van der Waals surface area (Å²) in [5.41, 5.74) is 6.70. The fourth-order valence-corrected chi connectivity index (χ4v) is 5.83. The molecular formula is C31H31N3O2. The van der Waals surface area contributed by atoms with E-state index in [1.54, 1.807) is 4.90 Å². The molecule has 0 radical (unpaired) electrons. The lowest BCUT2D eigenvalue weighted by Crippen LogP contribution is -2.63. The maximum Gasteiger partial charge on any atom is 0.246 e. The van der Waals surface area contributed by atoms with Gasteiger partial charge in [-0.3, -0.25) is 9.59 Å². The summed E-state index contributed by atoms with van der Waals surface area (Å²) in [4.78, 5) is 34.8. The average Bonchev–Trinajstić information content (AvgIpc) is 3.28. The Morgan fingerprint density at radius 1 is 0.917 bits per heavy atom. The SMILES string of the molecule is CC(C)c1ccc(C2c3[nH]c4ccccc4c3CC3C(=O)N(CCc4ccccc4)CC(=O)N32)cc1. The van der Waals surface area contributed by atoms with Crippen molar-refractivity contribution in [2.75, 3.05) is 13.1 Å². The molecule has 0 bridgehead atoms. The van der Waals surface area contributed by atoms with E-state index in [0.717, 1.165) is 34.1 Å². The van der Waals surface area contributed by atoms with E-state index in [2.05, 4.69) is 67.4 Å². The predicted molar refractivity (Wildman–Crippen MR) is 142 cm³/mol. The Bertz CT molecular complexity index is 1420. The number of fused-ring (bicyclic) bond motifs is 4. The third-order valence-electron chi connectivity index (χ3n) is 7.77. The van der Waals surface area contributed by atoms with Crippen molar-refractivity contribution in [1.29, 1.82) is 0 Å². The van der Waals surface area contributed by atoms with Gasteiger partial charge in [0.05, 0.1) is 12.6 Å². The number of nitrogens with zero attached hydrogens (tertiary/aromatic N) is 2. The first-order chi connectivity index (χ1) is 17.5. The largest absolute Gasteiger partial charge is 0.356 e. The number of hydrogen-bond donors (Lipinski definition) is 1. The summed E-state index contributed by atoms with van der Waals surface area (Å²) in [5.74, 6) is 0.485. The van der Waals surface area contributed by atoms with Gasteiger partial charge in [0.1, 0.15) is 6.04 Å². The van der Waals surface area contributed by atoms with Crippen molar-refractivity contribution >= 4 is 22.7 Å². The van der Waals surface area contributed by atoms with Crippen molar-refractivity contribution in [2.24, 2.45) is 0 Å². The minimum absolute atomic E-state index is 0.00917. The Morgan fingerprint density at radius 2 is 1.64 bits per heavy atom. The van der Waals surface area contributed by atoms with Gasteiger partial charge in [0.2, 0.25) is 11.8 Å². The van der Waals surface area contributed by atoms with Gasteiger partial charge in [-0.1, -0.05) is 86.6 Å². The molecule has 6 rings (SSSR count).